The molecule has 0 aliphatic heterocycles. The predicted octanol–water partition coefficient (Wildman–Crippen LogP) is 0.391. The molecule has 2 aromatic heterocycles. The van der Waals surface area contributed by atoms with Gasteiger partial charge in [0.1, 0.15) is 0 Å². The maximum Gasteiger partial charge on any atom is 0.287 e. The second-order valence-corrected chi connectivity index (χ2v) is 4.02. The Morgan fingerprint density at radius 2 is 2.37 bits per heavy atom. The summed E-state index contributed by atoms with van der Waals surface area (Å²) in [7, 11) is 1.66. The number of hydrogen-bond donors (Lipinski definition) is 2. The lowest BCUT2D eigenvalue weighted by Gasteiger charge is -2.16. The molecule has 2 N–H and O–H groups in total. The van der Waals surface area contributed by atoms with Crippen LogP contribution in [0.1, 0.15) is 16.1 Å². The average Bonchev–Trinajstić information content (AvgIpc) is 3.07. The Morgan fingerprint density at radius 3 is 3.00 bits per heavy atom. The van der Waals surface area contributed by atoms with Gasteiger partial charge in [-0.3, -0.25) is 14.7 Å². The van der Waals surface area contributed by atoms with Gasteiger partial charge in [0, 0.05) is 25.4 Å². The van der Waals surface area contributed by atoms with Crippen molar-refractivity contribution in [1.82, 2.24) is 20.4 Å². The largest absolute Gasteiger partial charge is 0.459 e. The number of aromatic nitrogens is 2. The van der Waals surface area contributed by atoms with Crippen LogP contribution < -0.4 is 5.32 Å². The van der Waals surface area contributed by atoms with E-state index in [9.17, 15) is 9.59 Å². The summed E-state index contributed by atoms with van der Waals surface area (Å²) >= 11 is 0. The van der Waals surface area contributed by atoms with E-state index in [1.807, 2.05) is 0 Å². The van der Waals surface area contributed by atoms with Crippen molar-refractivity contribution in [3.63, 3.8) is 0 Å². The summed E-state index contributed by atoms with van der Waals surface area (Å²) in [6.45, 7) is 0.361. The van der Waals surface area contributed by atoms with Crippen LogP contribution in [0.5, 0.6) is 0 Å². The highest BCUT2D eigenvalue weighted by Gasteiger charge is 2.13. The first-order chi connectivity index (χ1) is 9.16. The summed E-state index contributed by atoms with van der Waals surface area (Å²) in [5, 5.41) is 8.97. The van der Waals surface area contributed by atoms with Crippen LogP contribution in [0, 0.1) is 0 Å². The lowest BCUT2D eigenvalue weighted by atomic mass is 10.3. The quantitative estimate of drug-likeness (QED) is 0.815. The Balaban J connectivity index is 1.79. The minimum atomic E-state index is -0.407. The first-order valence-electron chi connectivity index (χ1n) is 5.70. The van der Waals surface area contributed by atoms with Crippen LogP contribution in [0.4, 0.5) is 0 Å². The number of amides is 2. The van der Waals surface area contributed by atoms with Gasteiger partial charge >= 0.3 is 0 Å². The molecule has 100 valence electrons. The molecule has 0 aliphatic rings. The Morgan fingerprint density at radius 1 is 1.53 bits per heavy atom. The highest BCUT2D eigenvalue weighted by molar-refractivity contribution is 5.94. The average molecular weight is 262 g/mol. The number of hydrogen-bond acceptors (Lipinski definition) is 4. The maximum absolute atomic E-state index is 11.8. The van der Waals surface area contributed by atoms with E-state index >= 15 is 0 Å². The van der Waals surface area contributed by atoms with Crippen LogP contribution in [-0.4, -0.2) is 40.5 Å². The third-order valence-corrected chi connectivity index (χ3v) is 2.55. The smallest absolute Gasteiger partial charge is 0.287 e. The molecule has 0 radical (unpaired) electrons. The summed E-state index contributed by atoms with van der Waals surface area (Å²) in [5.41, 5.74) is 0.896. The maximum atomic E-state index is 11.8. The fourth-order valence-corrected chi connectivity index (χ4v) is 1.51. The second-order valence-electron chi connectivity index (χ2n) is 4.02. The van der Waals surface area contributed by atoms with E-state index < -0.39 is 5.91 Å². The zero-order valence-electron chi connectivity index (χ0n) is 10.4. The van der Waals surface area contributed by atoms with E-state index in [4.69, 9.17) is 4.42 Å². The highest BCUT2D eigenvalue weighted by Crippen LogP contribution is 2.01. The number of furan rings is 1. The SMILES string of the molecule is CN(Cc1cn[nH]c1)C(=O)CNC(=O)c1ccco1. The van der Waals surface area contributed by atoms with Gasteiger partial charge in [0.05, 0.1) is 19.0 Å². The fraction of sp³-hybridized carbons (Fsp3) is 0.250. The molecular formula is C12H14N4O3. The summed E-state index contributed by atoms with van der Waals surface area (Å²) in [4.78, 5) is 24.9. The van der Waals surface area contributed by atoms with Crippen molar-refractivity contribution in [3.8, 4) is 0 Å². The molecule has 0 fully saturated rings. The molecule has 2 rings (SSSR count). The molecule has 7 heteroatoms. The number of rotatable bonds is 5. The second kappa shape index (κ2) is 5.85. The van der Waals surface area contributed by atoms with Crippen molar-refractivity contribution in [2.45, 2.75) is 6.54 Å². The number of aromatic amines is 1. The van der Waals surface area contributed by atoms with E-state index in [0.29, 0.717) is 6.54 Å². The molecule has 2 heterocycles. The van der Waals surface area contributed by atoms with Crippen LogP contribution in [0.15, 0.2) is 35.2 Å². The minimum Gasteiger partial charge on any atom is -0.459 e. The molecule has 0 atom stereocenters. The number of carbonyl (C=O) groups is 2. The predicted molar refractivity (Wildman–Crippen MR) is 66.1 cm³/mol. The van der Waals surface area contributed by atoms with Gasteiger partial charge in [-0.25, -0.2) is 0 Å². The summed E-state index contributed by atoms with van der Waals surface area (Å²) in [6.07, 6.45) is 4.76. The van der Waals surface area contributed by atoms with Crippen molar-refractivity contribution < 1.29 is 14.0 Å². The molecule has 0 aromatic carbocycles. The number of likely N-dealkylation sites (N-methyl/N-ethyl adjacent to an activating group) is 1. The van der Waals surface area contributed by atoms with E-state index in [-0.39, 0.29) is 18.2 Å². The van der Waals surface area contributed by atoms with E-state index in [1.165, 1.54) is 17.2 Å². The van der Waals surface area contributed by atoms with Crippen LogP contribution >= 0.6 is 0 Å². The zero-order chi connectivity index (χ0) is 13.7. The van der Waals surface area contributed by atoms with Crippen LogP contribution in [0.25, 0.3) is 0 Å². The fourth-order valence-electron chi connectivity index (χ4n) is 1.51. The van der Waals surface area contributed by atoms with Crippen LogP contribution in [0.3, 0.4) is 0 Å². The molecule has 0 bridgehead atoms. The molecule has 0 saturated carbocycles. The van der Waals surface area contributed by atoms with Crippen molar-refractivity contribution >= 4 is 11.8 Å². The first kappa shape index (κ1) is 12.9. The molecule has 0 saturated heterocycles. The molecule has 0 unspecified atom stereocenters. The van der Waals surface area contributed by atoms with Gasteiger partial charge in [-0.15, -0.1) is 0 Å². The summed E-state index contributed by atoms with van der Waals surface area (Å²) < 4.78 is 4.92. The van der Waals surface area contributed by atoms with Gasteiger partial charge in [-0.1, -0.05) is 0 Å². The van der Waals surface area contributed by atoms with Gasteiger partial charge in [0.15, 0.2) is 5.76 Å². The number of H-pyrrole nitrogens is 1. The van der Waals surface area contributed by atoms with Crippen LogP contribution in [0.2, 0.25) is 0 Å². The topological polar surface area (TPSA) is 91.2 Å². The normalized spacial score (nSPS) is 10.2. The Labute approximate surface area is 109 Å². The van der Waals surface area contributed by atoms with Crippen LogP contribution in [-0.2, 0) is 11.3 Å². The first-order valence-corrected chi connectivity index (χ1v) is 5.70. The lowest BCUT2D eigenvalue weighted by Crippen LogP contribution is -2.37. The summed E-state index contributed by atoms with van der Waals surface area (Å²) in [6, 6.07) is 3.15. The molecule has 2 amide bonds. The minimum absolute atomic E-state index is 0.0755. The van der Waals surface area contributed by atoms with Gasteiger partial charge in [0.2, 0.25) is 5.91 Å². The highest BCUT2D eigenvalue weighted by atomic mass is 16.3. The Bertz CT molecular complexity index is 533. The third kappa shape index (κ3) is 3.44. The lowest BCUT2D eigenvalue weighted by molar-refractivity contribution is -0.129. The van der Waals surface area contributed by atoms with E-state index in [2.05, 4.69) is 15.5 Å². The standard InChI is InChI=1S/C12H14N4O3/c1-16(8-9-5-14-15-6-9)11(17)7-13-12(18)10-3-2-4-19-10/h2-6H,7-8H2,1H3,(H,13,18)(H,14,15). The molecular weight excluding hydrogens is 248 g/mol. The number of nitrogens with zero attached hydrogens (tertiary/aromatic N) is 2. The molecule has 2 aromatic rings. The van der Waals surface area contributed by atoms with Crippen molar-refractivity contribution in [2.75, 3.05) is 13.6 Å². The molecule has 19 heavy (non-hydrogen) atoms. The molecule has 7 nitrogen and oxygen atoms in total. The van der Waals surface area contributed by atoms with Crippen molar-refractivity contribution in [1.29, 1.82) is 0 Å². The monoisotopic (exact) mass is 262 g/mol. The zero-order valence-corrected chi connectivity index (χ0v) is 10.4. The van der Waals surface area contributed by atoms with Gasteiger partial charge in [-0.05, 0) is 12.1 Å². The Hall–Kier alpha value is -2.57. The Kier molecular flexibility index (Phi) is 3.97. The molecule has 0 aliphatic carbocycles. The van der Waals surface area contributed by atoms with Gasteiger partial charge in [-0.2, -0.15) is 5.10 Å². The van der Waals surface area contributed by atoms with Gasteiger partial charge in [0.25, 0.3) is 5.91 Å². The number of nitrogens with one attached hydrogen (secondary N) is 2. The van der Waals surface area contributed by atoms with E-state index in [1.54, 1.807) is 25.5 Å². The van der Waals surface area contributed by atoms with Crippen molar-refractivity contribution in [3.05, 3.63) is 42.1 Å². The van der Waals surface area contributed by atoms with E-state index in [0.717, 1.165) is 5.56 Å². The number of carbonyl (C=O) groups excluding carboxylic acids is 2. The third-order valence-electron chi connectivity index (χ3n) is 2.55. The van der Waals surface area contributed by atoms with Gasteiger partial charge < -0.3 is 14.6 Å². The summed E-state index contributed by atoms with van der Waals surface area (Å²) in [5.74, 6) is -0.415. The molecule has 0 spiro atoms. The van der Waals surface area contributed by atoms with Crippen molar-refractivity contribution in [2.24, 2.45) is 0 Å².